The van der Waals surface area contributed by atoms with E-state index >= 15 is 0 Å². The van der Waals surface area contributed by atoms with Gasteiger partial charge in [-0.1, -0.05) is 87.3 Å². The van der Waals surface area contributed by atoms with Gasteiger partial charge in [0.1, 0.15) is 12.4 Å². The molecule has 0 aromatic heterocycles. The van der Waals surface area contributed by atoms with E-state index in [2.05, 4.69) is 75.7 Å². The number of carbonyl (C=O) groups is 1. The van der Waals surface area contributed by atoms with Crippen molar-refractivity contribution in [1.82, 2.24) is 0 Å². The van der Waals surface area contributed by atoms with Gasteiger partial charge in [0.2, 0.25) is 0 Å². The summed E-state index contributed by atoms with van der Waals surface area (Å²) in [6.07, 6.45) is 3.36. The zero-order valence-electron chi connectivity index (χ0n) is 22.2. The second kappa shape index (κ2) is 11.0. The first-order valence-electron chi connectivity index (χ1n) is 13.4. The second-order valence-electron chi connectivity index (χ2n) is 10.3. The van der Waals surface area contributed by atoms with E-state index in [0.717, 1.165) is 71.0 Å². The van der Waals surface area contributed by atoms with E-state index in [-0.39, 0.29) is 25.0 Å². The number of hydrogen-bond donors (Lipinski definition) is 1. The van der Waals surface area contributed by atoms with Crippen LogP contribution in [0.4, 0.5) is 5.69 Å². The Morgan fingerprint density at radius 3 is 2.50 bits per heavy atom. The minimum absolute atomic E-state index is 0.0284. The fourth-order valence-corrected chi connectivity index (χ4v) is 6.85. The molecule has 6 heteroatoms. The number of rotatable bonds is 7. The monoisotopic (exact) mass is 657 g/mol. The molecule has 1 heterocycles. The Morgan fingerprint density at radius 1 is 1.05 bits per heavy atom. The quantitative estimate of drug-likeness (QED) is 0.161. The highest BCUT2D eigenvalue weighted by Gasteiger charge is 2.40. The third kappa shape index (κ3) is 4.52. The number of aliphatic hydroxyl groups excluding tert-OH is 1. The van der Waals surface area contributed by atoms with Crippen molar-refractivity contribution in [2.75, 3.05) is 18.1 Å². The van der Waals surface area contributed by atoms with E-state index in [1.807, 2.05) is 47.4 Å². The van der Waals surface area contributed by atoms with Crippen LogP contribution in [0.2, 0.25) is 0 Å². The van der Waals surface area contributed by atoms with Crippen LogP contribution in [0.15, 0.2) is 88.3 Å². The Labute approximate surface area is 251 Å². The lowest BCUT2D eigenvalue weighted by atomic mass is 9.88. The molecule has 2 aliphatic rings. The molecule has 0 spiro atoms. The summed E-state index contributed by atoms with van der Waals surface area (Å²) in [7, 11) is 0. The number of aliphatic hydroxyl groups is 1. The molecule has 0 bridgehead atoms. The summed E-state index contributed by atoms with van der Waals surface area (Å²) in [5.41, 5.74) is 8.27. The number of hydrogen-bond acceptors (Lipinski definition) is 3. The molecule has 4 aromatic carbocycles. The normalized spacial score (nSPS) is 17.9. The summed E-state index contributed by atoms with van der Waals surface area (Å²) in [6, 6.07) is 22.5. The molecule has 1 amide bonds. The van der Waals surface area contributed by atoms with Gasteiger partial charge < -0.3 is 14.7 Å². The third-order valence-corrected chi connectivity index (χ3v) is 8.86. The number of benzene rings is 4. The molecular weight excluding hydrogens is 630 g/mol. The zero-order valence-corrected chi connectivity index (χ0v) is 25.4. The summed E-state index contributed by atoms with van der Waals surface area (Å²) in [5, 5.41) is 11.6. The lowest BCUT2D eigenvalue weighted by Gasteiger charge is -2.20. The fraction of sp³-hybridized carbons (Fsp3) is 0.206. The van der Waals surface area contributed by atoms with Gasteiger partial charge in [-0.15, -0.1) is 6.58 Å². The van der Waals surface area contributed by atoms with Crippen LogP contribution in [0.5, 0.6) is 5.75 Å². The van der Waals surface area contributed by atoms with E-state index in [1.165, 1.54) is 5.56 Å². The van der Waals surface area contributed by atoms with Crippen LogP contribution in [0, 0.1) is 5.92 Å². The molecule has 6 rings (SSSR count). The van der Waals surface area contributed by atoms with Crippen LogP contribution in [0.3, 0.4) is 0 Å². The average molecular weight is 659 g/mol. The summed E-state index contributed by atoms with van der Waals surface area (Å²) in [6.45, 7) is 6.89. The highest BCUT2D eigenvalue weighted by Crippen LogP contribution is 2.53. The molecular formula is C34H29Br2NO3. The Morgan fingerprint density at radius 2 is 1.77 bits per heavy atom. The van der Waals surface area contributed by atoms with Crippen molar-refractivity contribution in [2.24, 2.45) is 5.92 Å². The number of fused-ring (bicyclic) bond motifs is 4. The van der Waals surface area contributed by atoms with Crippen LogP contribution in [0.25, 0.3) is 21.9 Å². The largest absolute Gasteiger partial charge is 0.490 e. The number of halogens is 2. The average Bonchev–Trinajstić information content (AvgIpc) is 3.42. The summed E-state index contributed by atoms with van der Waals surface area (Å²) in [4.78, 5) is 16.3. The minimum atomic E-state index is -0.0559. The van der Waals surface area contributed by atoms with Gasteiger partial charge >= 0.3 is 0 Å². The Bertz CT molecular complexity index is 1690. The minimum Gasteiger partial charge on any atom is -0.490 e. The van der Waals surface area contributed by atoms with Gasteiger partial charge in [0.15, 0.2) is 0 Å². The smallest absolute Gasteiger partial charge is 0.259 e. The zero-order chi connectivity index (χ0) is 28.0. The van der Waals surface area contributed by atoms with Crippen molar-refractivity contribution >= 4 is 65.4 Å². The van der Waals surface area contributed by atoms with Crippen molar-refractivity contribution in [1.29, 1.82) is 0 Å². The van der Waals surface area contributed by atoms with Crippen molar-refractivity contribution in [3.8, 4) is 5.75 Å². The molecule has 4 nitrogen and oxygen atoms in total. The molecule has 4 aromatic rings. The number of anilines is 1. The second-order valence-corrected chi connectivity index (χ2v) is 12.2. The molecule has 0 saturated heterocycles. The van der Waals surface area contributed by atoms with Crippen LogP contribution < -0.4 is 9.64 Å². The van der Waals surface area contributed by atoms with E-state index in [0.29, 0.717) is 13.0 Å². The van der Waals surface area contributed by atoms with Crippen molar-refractivity contribution < 1.29 is 14.6 Å². The molecule has 1 unspecified atom stereocenters. The molecule has 1 aliphatic heterocycles. The topological polar surface area (TPSA) is 49.8 Å². The van der Waals surface area contributed by atoms with Crippen LogP contribution in [0.1, 0.15) is 34.7 Å². The fourth-order valence-electron chi connectivity index (χ4n) is 6.23. The van der Waals surface area contributed by atoms with Crippen LogP contribution in [-0.4, -0.2) is 24.2 Å². The first-order valence-corrected chi connectivity index (χ1v) is 15.0. The maximum absolute atomic E-state index is 14.4. The van der Waals surface area contributed by atoms with Gasteiger partial charge in [-0.3, -0.25) is 4.79 Å². The van der Waals surface area contributed by atoms with Crippen LogP contribution >= 0.6 is 31.9 Å². The SMILES string of the molecule is C=CCc1c2c(c3ccccc3c1OCCO)/C(=C1\C(=O)N(Cc3ccc(Br)cc3)c3cc(Br)ccc31)C(C)C2. The van der Waals surface area contributed by atoms with Gasteiger partial charge in [-0.05, 0) is 70.7 Å². The highest BCUT2D eigenvalue weighted by molar-refractivity contribution is 9.10. The van der Waals surface area contributed by atoms with Gasteiger partial charge in [0.05, 0.1) is 24.4 Å². The summed E-state index contributed by atoms with van der Waals surface area (Å²) < 4.78 is 8.11. The third-order valence-electron chi connectivity index (χ3n) is 7.84. The number of ether oxygens (including phenoxy) is 1. The van der Waals surface area contributed by atoms with Gasteiger partial charge in [0.25, 0.3) is 5.91 Å². The summed E-state index contributed by atoms with van der Waals surface area (Å²) in [5.74, 6) is 0.972. The predicted octanol–water partition coefficient (Wildman–Crippen LogP) is 8.11. The molecule has 1 atom stereocenters. The lowest BCUT2D eigenvalue weighted by Crippen LogP contribution is -2.26. The highest BCUT2D eigenvalue weighted by atomic mass is 79.9. The van der Waals surface area contributed by atoms with Crippen molar-refractivity contribution in [3.05, 3.63) is 116 Å². The number of nitrogens with zero attached hydrogens (tertiary/aromatic N) is 1. The molecule has 1 N–H and O–H groups in total. The number of allylic oxidation sites excluding steroid dienone is 2. The standard InChI is InChI=1S/C34H29Br2NO3/c1-3-6-25-28-17-20(2)30(31(28)24-7-4-5-8-26(24)33(25)40-16-15-38)32-27-14-13-23(36)18-29(27)37(34(32)39)19-21-9-11-22(35)12-10-21/h3-5,7-14,18,20,38H,1,6,15-17,19H2,2H3/b32-30-. The van der Waals surface area contributed by atoms with E-state index in [1.54, 1.807) is 0 Å². The maximum Gasteiger partial charge on any atom is 0.259 e. The Hall–Kier alpha value is -3.19. The number of amides is 1. The first-order chi connectivity index (χ1) is 19.4. The molecule has 1 aliphatic carbocycles. The Balaban J connectivity index is 1.61. The number of carbonyl (C=O) groups excluding carboxylic acids is 1. The van der Waals surface area contributed by atoms with Gasteiger partial charge in [0, 0.05) is 25.5 Å². The maximum atomic E-state index is 14.4. The molecule has 40 heavy (non-hydrogen) atoms. The summed E-state index contributed by atoms with van der Waals surface area (Å²) >= 11 is 7.15. The van der Waals surface area contributed by atoms with Crippen molar-refractivity contribution in [2.45, 2.75) is 26.3 Å². The van der Waals surface area contributed by atoms with Gasteiger partial charge in [-0.25, -0.2) is 0 Å². The van der Waals surface area contributed by atoms with E-state index < -0.39 is 0 Å². The predicted molar refractivity (Wildman–Crippen MR) is 170 cm³/mol. The van der Waals surface area contributed by atoms with Crippen LogP contribution in [-0.2, 0) is 24.2 Å². The molecule has 202 valence electrons. The lowest BCUT2D eigenvalue weighted by molar-refractivity contribution is -0.113. The van der Waals surface area contributed by atoms with Crippen molar-refractivity contribution in [3.63, 3.8) is 0 Å². The first kappa shape index (κ1) is 27.0. The molecule has 0 saturated carbocycles. The Kier molecular flexibility index (Phi) is 7.43. The molecule has 0 radical (unpaired) electrons. The van der Waals surface area contributed by atoms with E-state index in [4.69, 9.17) is 4.74 Å². The van der Waals surface area contributed by atoms with E-state index in [9.17, 15) is 9.90 Å². The van der Waals surface area contributed by atoms with Gasteiger partial charge in [-0.2, -0.15) is 0 Å². The molecule has 0 fully saturated rings.